The van der Waals surface area contributed by atoms with E-state index < -0.39 is 0 Å². The van der Waals surface area contributed by atoms with Crippen molar-refractivity contribution in [2.75, 3.05) is 40.1 Å². The summed E-state index contributed by atoms with van der Waals surface area (Å²) in [6.45, 7) is 3.01. The van der Waals surface area contributed by atoms with Crippen LogP contribution in [0.15, 0.2) is 24.5 Å². The second-order valence-electron chi connectivity index (χ2n) is 3.84. The molecule has 0 amide bonds. The topological polar surface area (TPSA) is 66.6 Å². The second kappa shape index (κ2) is 9.96. The standard InChI is InChI=1S/C13H22N2O3/c1-16-8-9-17-6-3-7-18-13(10-14)12-4-2-5-15-11-12/h2,4-5,11,13H,3,6-10,14H2,1H3. The Morgan fingerprint density at radius 2 is 2.17 bits per heavy atom. The maximum atomic E-state index is 5.71. The Kier molecular flexibility index (Phi) is 8.33. The van der Waals surface area contributed by atoms with Crippen molar-refractivity contribution in [3.63, 3.8) is 0 Å². The van der Waals surface area contributed by atoms with Gasteiger partial charge in [0.15, 0.2) is 0 Å². The van der Waals surface area contributed by atoms with Gasteiger partial charge in [0, 0.05) is 44.8 Å². The first-order valence-electron chi connectivity index (χ1n) is 6.16. The van der Waals surface area contributed by atoms with E-state index in [1.165, 1.54) is 0 Å². The van der Waals surface area contributed by atoms with Crippen molar-refractivity contribution in [1.82, 2.24) is 4.98 Å². The highest BCUT2D eigenvalue weighted by Gasteiger charge is 2.09. The van der Waals surface area contributed by atoms with Crippen LogP contribution in [0.4, 0.5) is 0 Å². The summed E-state index contributed by atoms with van der Waals surface area (Å²) in [6, 6.07) is 3.86. The first kappa shape index (κ1) is 15.0. The van der Waals surface area contributed by atoms with Gasteiger partial charge in [-0.25, -0.2) is 0 Å². The number of hydrogen-bond acceptors (Lipinski definition) is 5. The summed E-state index contributed by atoms with van der Waals surface area (Å²) in [6.07, 6.45) is 4.28. The highest BCUT2D eigenvalue weighted by Crippen LogP contribution is 2.14. The lowest BCUT2D eigenvalue weighted by molar-refractivity contribution is 0.0260. The van der Waals surface area contributed by atoms with Crippen LogP contribution in [0.3, 0.4) is 0 Å². The molecule has 0 radical (unpaired) electrons. The first-order chi connectivity index (χ1) is 8.88. The molecule has 2 N–H and O–H groups in total. The molecule has 0 aromatic carbocycles. The summed E-state index contributed by atoms with van der Waals surface area (Å²) in [5, 5.41) is 0. The van der Waals surface area contributed by atoms with Gasteiger partial charge in [-0.15, -0.1) is 0 Å². The van der Waals surface area contributed by atoms with E-state index >= 15 is 0 Å². The van der Waals surface area contributed by atoms with Crippen molar-refractivity contribution in [3.8, 4) is 0 Å². The molecule has 0 aliphatic heterocycles. The van der Waals surface area contributed by atoms with E-state index in [4.69, 9.17) is 19.9 Å². The van der Waals surface area contributed by atoms with Crippen LogP contribution in [0, 0.1) is 0 Å². The molecular weight excluding hydrogens is 232 g/mol. The van der Waals surface area contributed by atoms with E-state index in [0.717, 1.165) is 12.0 Å². The molecule has 0 spiro atoms. The molecule has 18 heavy (non-hydrogen) atoms. The van der Waals surface area contributed by atoms with Crippen molar-refractivity contribution in [2.24, 2.45) is 5.73 Å². The predicted octanol–water partition coefficient (Wildman–Crippen LogP) is 1.15. The molecule has 1 heterocycles. The van der Waals surface area contributed by atoms with Crippen molar-refractivity contribution in [1.29, 1.82) is 0 Å². The van der Waals surface area contributed by atoms with Gasteiger partial charge in [0.25, 0.3) is 0 Å². The third-order valence-corrected chi connectivity index (χ3v) is 2.45. The number of rotatable bonds is 10. The zero-order valence-electron chi connectivity index (χ0n) is 10.9. The van der Waals surface area contributed by atoms with Crippen molar-refractivity contribution in [2.45, 2.75) is 12.5 Å². The molecule has 102 valence electrons. The highest BCUT2D eigenvalue weighted by atomic mass is 16.5. The monoisotopic (exact) mass is 254 g/mol. The fraction of sp³-hybridized carbons (Fsp3) is 0.615. The predicted molar refractivity (Wildman–Crippen MR) is 69.3 cm³/mol. The Labute approximate surface area is 108 Å². The Balaban J connectivity index is 2.13. The normalized spacial score (nSPS) is 12.6. The van der Waals surface area contributed by atoms with Gasteiger partial charge < -0.3 is 19.9 Å². The van der Waals surface area contributed by atoms with Crippen LogP contribution in [0.25, 0.3) is 0 Å². The lowest BCUT2D eigenvalue weighted by Crippen LogP contribution is -2.17. The quantitative estimate of drug-likeness (QED) is 0.634. The van der Waals surface area contributed by atoms with Gasteiger partial charge in [0.1, 0.15) is 0 Å². The molecule has 0 bridgehead atoms. The molecule has 1 aromatic heterocycles. The van der Waals surface area contributed by atoms with Crippen LogP contribution in [0.2, 0.25) is 0 Å². The number of nitrogens with zero attached hydrogens (tertiary/aromatic N) is 1. The number of aromatic nitrogens is 1. The van der Waals surface area contributed by atoms with Gasteiger partial charge in [-0.1, -0.05) is 6.07 Å². The third-order valence-electron chi connectivity index (χ3n) is 2.45. The minimum atomic E-state index is -0.0855. The van der Waals surface area contributed by atoms with Crippen LogP contribution >= 0.6 is 0 Å². The van der Waals surface area contributed by atoms with E-state index in [1.54, 1.807) is 19.5 Å². The van der Waals surface area contributed by atoms with E-state index in [1.807, 2.05) is 12.1 Å². The van der Waals surface area contributed by atoms with E-state index in [9.17, 15) is 0 Å². The van der Waals surface area contributed by atoms with Crippen molar-refractivity contribution < 1.29 is 14.2 Å². The minimum Gasteiger partial charge on any atom is -0.382 e. The highest BCUT2D eigenvalue weighted by molar-refractivity contribution is 5.12. The van der Waals surface area contributed by atoms with Gasteiger partial charge in [0.2, 0.25) is 0 Å². The molecule has 0 fully saturated rings. The van der Waals surface area contributed by atoms with Crippen LogP contribution in [-0.2, 0) is 14.2 Å². The molecule has 1 atom stereocenters. The summed E-state index contributed by atoms with van der Waals surface area (Å²) in [7, 11) is 1.66. The molecule has 5 nitrogen and oxygen atoms in total. The van der Waals surface area contributed by atoms with Gasteiger partial charge in [-0.2, -0.15) is 0 Å². The van der Waals surface area contributed by atoms with Gasteiger partial charge >= 0.3 is 0 Å². The zero-order valence-corrected chi connectivity index (χ0v) is 10.9. The smallest absolute Gasteiger partial charge is 0.0961 e. The number of nitrogens with two attached hydrogens (primary N) is 1. The summed E-state index contributed by atoms with van der Waals surface area (Å²) < 4.78 is 15.9. The molecule has 0 saturated carbocycles. The lowest BCUT2D eigenvalue weighted by atomic mass is 10.1. The molecule has 0 aliphatic rings. The minimum absolute atomic E-state index is 0.0855. The maximum Gasteiger partial charge on any atom is 0.0961 e. The summed E-state index contributed by atoms with van der Waals surface area (Å²) >= 11 is 0. The number of ether oxygens (including phenoxy) is 3. The van der Waals surface area contributed by atoms with Gasteiger partial charge in [-0.3, -0.25) is 4.98 Å². The number of hydrogen-bond donors (Lipinski definition) is 1. The van der Waals surface area contributed by atoms with Crippen molar-refractivity contribution >= 4 is 0 Å². The van der Waals surface area contributed by atoms with E-state index in [-0.39, 0.29) is 6.10 Å². The Bertz CT molecular complexity index is 296. The molecule has 1 unspecified atom stereocenters. The summed E-state index contributed by atoms with van der Waals surface area (Å²) in [5.41, 5.74) is 6.70. The number of methoxy groups -OCH3 is 1. The number of pyridine rings is 1. The van der Waals surface area contributed by atoms with Crippen LogP contribution < -0.4 is 5.73 Å². The Hall–Kier alpha value is -1.01. The van der Waals surface area contributed by atoms with Crippen LogP contribution in [0.1, 0.15) is 18.1 Å². The lowest BCUT2D eigenvalue weighted by Gasteiger charge is -2.15. The average molecular weight is 254 g/mol. The molecule has 1 rings (SSSR count). The molecule has 5 heteroatoms. The molecule has 0 aliphatic carbocycles. The van der Waals surface area contributed by atoms with E-state index in [2.05, 4.69) is 4.98 Å². The van der Waals surface area contributed by atoms with Crippen LogP contribution in [-0.4, -0.2) is 45.1 Å². The second-order valence-corrected chi connectivity index (χ2v) is 3.84. The van der Waals surface area contributed by atoms with Crippen LogP contribution in [0.5, 0.6) is 0 Å². The summed E-state index contributed by atoms with van der Waals surface area (Å²) in [4.78, 5) is 4.06. The fourth-order valence-electron chi connectivity index (χ4n) is 1.50. The van der Waals surface area contributed by atoms with Gasteiger partial charge in [-0.05, 0) is 12.5 Å². The third kappa shape index (κ3) is 6.07. The SMILES string of the molecule is COCCOCCCOC(CN)c1cccnc1. The van der Waals surface area contributed by atoms with Crippen molar-refractivity contribution in [3.05, 3.63) is 30.1 Å². The largest absolute Gasteiger partial charge is 0.382 e. The van der Waals surface area contributed by atoms with Gasteiger partial charge in [0.05, 0.1) is 19.3 Å². The Morgan fingerprint density at radius 3 is 2.83 bits per heavy atom. The molecule has 1 aromatic rings. The molecule has 0 saturated heterocycles. The zero-order chi connectivity index (χ0) is 13.1. The molecular formula is C13H22N2O3. The fourth-order valence-corrected chi connectivity index (χ4v) is 1.50. The van der Waals surface area contributed by atoms with E-state index in [0.29, 0.717) is 33.0 Å². The Morgan fingerprint density at radius 1 is 1.28 bits per heavy atom. The average Bonchev–Trinajstić information content (AvgIpc) is 2.43. The summed E-state index contributed by atoms with van der Waals surface area (Å²) in [5.74, 6) is 0. The maximum absolute atomic E-state index is 5.71. The first-order valence-corrected chi connectivity index (χ1v) is 6.16.